The Balaban J connectivity index is 1.77. The number of hydrogen-bond acceptors (Lipinski definition) is 5. The molecule has 22 heavy (non-hydrogen) atoms. The van der Waals surface area contributed by atoms with Gasteiger partial charge in [-0.1, -0.05) is 11.6 Å². The van der Waals surface area contributed by atoms with Crippen molar-refractivity contribution in [1.29, 1.82) is 0 Å². The topological polar surface area (TPSA) is 75.3 Å². The van der Waals surface area contributed by atoms with Crippen LogP contribution in [0.4, 0.5) is 0 Å². The van der Waals surface area contributed by atoms with Crippen LogP contribution in [0.1, 0.15) is 6.42 Å². The number of rotatable bonds is 6. The molecule has 0 saturated carbocycles. The lowest BCUT2D eigenvalue weighted by Gasteiger charge is -2.22. The highest BCUT2D eigenvalue weighted by Gasteiger charge is 2.18. The second-order valence-electron chi connectivity index (χ2n) is 5.05. The largest absolute Gasteiger partial charge is 0.355 e. The Bertz CT molecular complexity index is 599. The normalized spacial score (nSPS) is 18.9. The molecule has 0 radical (unpaired) electrons. The minimum absolute atomic E-state index is 0.115. The summed E-state index contributed by atoms with van der Waals surface area (Å²) in [5, 5.41) is 6.44. The number of thioether (sulfide) groups is 1. The number of carbonyl (C=O) groups is 1. The molecular formula is C14H19ClN2O3S2. The minimum atomic E-state index is -3.40. The van der Waals surface area contributed by atoms with Gasteiger partial charge in [-0.25, -0.2) is 8.42 Å². The van der Waals surface area contributed by atoms with Crippen molar-refractivity contribution < 1.29 is 13.2 Å². The lowest BCUT2D eigenvalue weighted by molar-refractivity contribution is -0.121. The molecule has 2 rings (SSSR count). The highest BCUT2D eigenvalue weighted by molar-refractivity contribution is 7.99. The van der Waals surface area contributed by atoms with E-state index in [1.165, 1.54) is 12.1 Å². The maximum absolute atomic E-state index is 12.1. The first-order chi connectivity index (χ1) is 10.5. The molecule has 1 aromatic rings. The summed E-state index contributed by atoms with van der Waals surface area (Å²) in [6, 6.07) is 6.20. The average molecular weight is 363 g/mol. The van der Waals surface area contributed by atoms with Crippen LogP contribution in [0.3, 0.4) is 0 Å². The van der Waals surface area contributed by atoms with Crippen molar-refractivity contribution in [2.24, 2.45) is 0 Å². The first-order valence-corrected chi connectivity index (χ1v) is 10.2. The van der Waals surface area contributed by atoms with Gasteiger partial charge in [-0.2, -0.15) is 11.8 Å². The summed E-state index contributed by atoms with van der Waals surface area (Å²) in [5.74, 6) is 1.74. The molecule has 1 unspecified atom stereocenters. The van der Waals surface area contributed by atoms with Crippen LogP contribution < -0.4 is 10.6 Å². The van der Waals surface area contributed by atoms with E-state index in [-0.39, 0.29) is 29.1 Å². The van der Waals surface area contributed by atoms with Crippen LogP contribution in [0.15, 0.2) is 29.2 Å². The Morgan fingerprint density at radius 3 is 2.73 bits per heavy atom. The zero-order valence-corrected chi connectivity index (χ0v) is 14.4. The number of halogens is 1. The van der Waals surface area contributed by atoms with E-state index in [2.05, 4.69) is 10.6 Å². The van der Waals surface area contributed by atoms with Gasteiger partial charge < -0.3 is 10.6 Å². The first kappa shape index (κ1) is 17.6. The molecule has 1 aromatic carbocycles. The van der Waals surface area contributed by atoms with E-state index in [0.717, 1.165) is 18.1 Å². The van der Waals surface area contributed by atoms with Crippen molar-refractivity contribution in [3.05, 3.63) is 29.3 Å². The Morgan fingerprint density at radius 2 is 2.09 bits per heavy atom. The molecule has 1 fully saturated rings. The van der Waals surface area contributed by atoms with Crippen LogP contribution in [0, 0.1) is 0 Å². The molecule has 0 spiro atoms. The second-order valence-corrected chi connectivity index (χ2v) is 8.75. The van der Waals surface area contributed by atoms with Gasteiger partial charge >= 0.3 is 0 Å². The van der Waals surface area contributed by atoms with Gasteiger partial charge in [0.1, 0.15) is 0 Å². The molecule has 1 saturated heterocycles. The van der Waals surface area contributed by atoms with Crippen molar-refractivity contribution in [2.45, 2.75) is 17.4 Å². The number of carbonyl (C=O) groups excluding carboxylic acids is 1. The number of amides is 1. The van der Waals surface area contributed by atoms with Crippen molar-refractivity contribution in [2.75, 3.05) is 30.3 Å². The van der Waals surface area contributed by atoms with E-state index in [9.17, 15) is 13.2 Å². The monoisotopic (exact) mass is 362 g/mol. The SMILES string of the molecule is O=C(CC1CSCCN1)NCCS(=O)(=O)c1ccc(Cl)cc1. The number of hydrogen-bond donors (Lipinski definition) is 2. The van der Waals surface area contributed by atoms with Gasteiger partial charge in [-0.3, -0.25) is 4.79 Å². The third-order valence-corrected chi connectivity index (χ3v) is 6.41. The second kappa shape index (κ2) is 8.19. The summed E-state index contributed by atoms with van der Waals surface area (Å²) in [4.78, 5) is 12.0. The fourth-order valence-corrected chi connectivity index (χ4v) is 4.36. The molecule has 1 aliphatic heterocycles. The predicted molar refractivity (Wildman–Crippen MR) is 90.2 cm³/mol. The Hall–Kier alpha value is -0.760. The molecule has 1 heterocycles. The summed E-state index contributed by atoms with van der Waals surface area (Å²) in [6.45, 7) is 1.03. The van der Waals surface area contributed by atoms with Crippen LogP contribution in [0.5, 0.6) is 0 Å². The van der Waals surface area contributed by atoms with E-state index < -0.39 is 9.84 Å². The van der Waals surface area contributed by atoms with Crippen molar-refractivity contribution in [1.82, 2.24) is 10.6 Å². The quantitative estimate of drug-likeness (QED) is 0.798. The molecule has 5 nitrogen and oxygen atoms in total. The fourth-order valence-electron chi connectivity index (χ4n) is 2.13. The Kier molecular flexibility index (Phi) is 6.55. The van der Waals surface area contributed by atoms with Crippen molar-refractivity contribution >= 4 is 39.1 Å². The predicted octanol–water partition coefficient (Wildman–Crippen LogP) is 1.32. The molecule has 8 heteroatoms. The molecule has 122 valence electrons. The van der Waals surface area contributed by atoms with Crippen molar-refractivity contribution in [3.63, 3.8) is 0 Å². The van der Waals surface area contributed by atoms with Gasteiger partial charge in [0.15, 0.2) is 9.84 Å². The highest BCUT2D eigenvalue weighted by atomic mass is 35.5. The summed E-state index contributed by atoms with van der Waals surface area (Å²) >= 11 is 7.56. The van der Waals surface area contributed by atoms with Gasteiger partial charge in [0.2, 0.25) is 5.91 Å². The molecule has 0 bridgehead atoms. The molecule has 1 amide bonds. The van der Waals surface area contributed by atoms with Gasteiger partial charge in [-0.15, -0.1) is 0 Å². The lowest BCUT2D eigenvalue weighted by Crippen LogP contribution is -2.42. The summed E-state index contributed by atoms with van der Waals surface area (Å²) < 4.78 is 24.2. The molecule has 2 N–H and O–H groups in total. The standard InChI is InChI=1S/C14H19ClN2O3S2/c15-11-1-3-13(4-2-11)22(19,20)8-6-17-14(18)9-12-10-21-7-5-16-12/h1-4,12,16H,5-10H2,(H,17,18). The third-order valence-electron chi connectivity index (χ3n) is 3.30. The number of benzene rings is 1. The summed E-state index contributed by atoms with van der Waals surface area (Å²) in [5.41, 5.74) is 0. The lowest BCUT2D eigenvalue weighted by atomic mass is 10.2. The smallest absolute Gasteiger partial charge is 0.221 e. The minimum Gasteiger partial charge on any atom is -0.355 e. The van der Waals surface area contributed by atoms with Gasteiger partial charge in [0, 0.05) is 42.1 Å². The fraction of sp³-hybridized carbons (Fsp3) is 0.500. The highest BCUT2D eigenvalue weighted by Crippen LogP contribution is 2.15. The van der Waals surface area contributed by atoms with E-state index in [4.69, 9.17) is 11.6 Å². The molecule has 0 aliphatic carbocycles. The van der Waals surface area contributed by atoms with Crippen LogP contribution in [0.2, 0.25) is 5.02 Å². The summed E-state index contributed by atoms with van der Waals surface area (Å²) in [6.07, 6.45) is 0.383. The molecule has 1 aliphatic rings. The van der Waals surface area contributed by atoms with E-state index >= 15 is 0 Å². The van der Waals surface area contributed by atoms with Gasteiger partial charge in [0.25, 0.3) is 0 Å². The van der Waals surface area contributed by atoms with E-state index in [1.807, 2.05) is 11.8 Å². The zero-order valence-electron chi connectivity index (χ0n) is 12.0. The van der Waals surface area contributed by atoms with Crippen LogP contribution in [-0.2, 0) is 14.6 Å². The number of nitrogens with one attached hydrogen (secondary N) is 2. The zero-order chi connectivity index (χ0) is 16.0. The van der Waals surface area contributed by atoms with Gasteiger partial charge in [0.05, 0.1) is 10.6 Å². The maximum Gasteiger partial charge on any atom is 0.221 e. The van der Waals surface area contributed by atoms with E-state index in [0.29, 0.717) is 11.4 Å². The average Bonchev–Trinajstić information content (AvgIpc) is 2.48. The molecule has 0 aromatic heterocycles. The molecular weight excluding hydrogens is 344 g/mol. The third kappa shape index (κ3) is 5.46. The Labute approximate surface area is 140 Å². The van der Waals surface area contributed by atoms with Crippen LogP contribution >= 0.6 is 23.4 Å². The van der Waals surface area contributed by atoms with Gasteiger partial charge in [-0.05, 0) is 24.3 Å². The van der Waals surface area contributed by atoms with Crippen molar-refractivity contribution in [3.8, 4) is 0 Å². The first-order valence-electron chi connectivity index (χ1n) is 7.03. The van der Waals surface area contributed by atoms with Crippen LogP contribution in [0.25, 0.3) is 0 Å². The summed E-state index contributed by atoms with van der Waals surface area (Å²) in [7, 11) is -3.40. The molecule has 1 atom stereocenters. The maximum atomic E-state index is 12.1. The Morgan fingerprint density at radius 1 is 1.36 bits per heavy atom. The van der Waals surface area contributed by atoms with E-state index in [1.54, 1.807) is 12.1 Å². The number of sulfone groups is 1. The van der Waals surface area contributed by atoms with Crippen LogP contribution in [-0.4, -0.2) is 50.7 Å².